The zero-order valence-corrected chi connectivity index (χ0v) is 13.2. The minimum Gasteiger partial charge on any atom is -0.397 e. The number of fused-ring (bicyclic) bond motifs is 1. The van der Waals surface area contributed by atoms with E-state index >= 15 is 0 Å². The lowest BCUT2D eigenvalue weighted by molar-refractivity contribution is 0.0958. The normalized spacial score (nSPS) is 10.9. The molecule has 0 unspecified atom stereocenters. The molecule has 2 heterocycles. The van der Waals surface area contributed by atoms with Gasteiger partial charge in [0.1, 0.15) is 9.71 Å². The lowest BCUT2D eigenvalue weighted by Gasteiger charge is -2.04. The molecular formula is C15H22N4OS. The van der Waals surface area contributed by atoms with Crippen LogP contribution in [0.3, 0.4) is 0 Å². The molecule has 1 amide bonds. The van der Waals surface area contributed by atoms with Crippen molar-refractivity contribution in [3.63, 3.8) is 0 Å². The molecule has 0 aliphatic rings. The highest BCUT2D eigenvalue weighted by molar-refractivity contribution is 7.21. The lowest BCUT2D eigenvalue weighted by Crippen LogP contribution is -2.24. The summed E-state index contributed by atoms with van der Waals surface area (Å²) in [7, 11) is 0. The molecule has 0 bridgehead atoms. The third kappa shape index (κ3) is 4.14. The molecule has 0 saturated carbocycles. The number of hydrogen-bond acceptors (Lipinski definition) is 5. The molecule has 0 aliphatic carbocycles. The van der Waals surface area contributed by atoms with Crippen molar-refractivity contribution >= 4 is 33.1 Å². The van der Waals surface area contributed by atoms with Gasteiger partial charge >= 0.3 is 0 Å². The van der Waals surface area contributed by atoms with Crippen LogP contribution in [0.5, 0.6) is 0 Å². The summed E-state index contributed by atoms with van der Waals surface area (Å²) in [4.78, 5) is 13.4. The fraction of sp³-hybridized carbons (Fsp3) is 0.533. The molecule has 5 nitrogen and oxygen atoms in total. The molecule has 3 N–H and O–H groups in total. The van der Waals surface area contributed by atoms with Gasteiger partial charge in [0.05, 0.1) is 11.9 Å². The monoisotopic (exact) mass is 306 g/mol. The third-order valence-electron chi connectivity index (χ3n) is 3.44. The van der Waals surface area contributed by atoms with E-state index < -0.39 is 0 Å². The summed E-state index contributed by atoms with van der Waals surface area (Å²) >= 11 is 1.30. The Balaban J connectivity index is 1.81. The number of carbonyl (C=O) groups excluding carboxylic acids is 1. The van der Waals surface area contributed by atoms with Crippen LogP contribution in [0.15, 0.2) is 12.3 Å². The molecule has 2 rings (SSSR count). The van der Waals surface area contributed by atoms with Crippen LogP contribution in [0.2, 0.25) is 0 Å². The number of rotatable bonds is 8. The molecule has 6 heteroatoms. The summed E-state index contributed by atoms with van der Waals surface area (Å²) in [6.07, 6.45) is 8.84. The van der Waals surface area contributed by atoms with Gasteiger partial charge in [-0.3, -0.25) is 4.79 Å². The molecule has 2 aromatic heterocycles. The molecule has 0 atom stereocenters. The van der Waals surface area contributed by atoms with Gasteiger partial charge < -0.3 is 11.1 Å². The van der Waals surface area contributed by atoms with Gasteiger partial charge in [-0.05, 0) is 12.5 Å². The van der Waals surface area contributed by atoms with Crippen LogP contribution in [0.1, 0.15) is 55.1 Å². The topological polar surface area (TPSA) is 80.9 Å². The van der Waals surface area contributed by atoms with E-state index in [-0.39, 0.29) is 5.91 Å². The van der Waals surface area contributed by atoms with Crippen LogP contribution in [0.25, 0.3) is 10.2 Å². The Morgan fingerprint density at radius 3 is 2.81 bits per heavy atom. The Kier molecular flexibility index (Phi) is 5.92. The highest BCUT2D eigenvalue weighted by atomic mass is 32.1. The zero-order valence-electron chi connectivity index (χ0n) is 12.4. The van der Waals surface area contributed by atoms with Crippen molar-refractivity contribution in [3.05, 3.63) is 17.1 Å². The van der Waals surface area contributed by atoms with Crippen LogP contribution in [-0.4, -0.2) is 22.6 Å². The number of hydrogen-bond donors (Lipinski definition) is 2. The number of unbranched alkanes of at least 4 members (excludes halogenated alkanes) is 5. The molecule has 0 saturated heterocycles. The van der Waals surface area contributed by atoms with Crippen LogP contribution in [-0.2, 0) is 0 Å². The minimum atomic E-state index is -0.107. The standard InChI is InChI=1S/C15H22N4OS/c1-2-3-4-5-6-7-9-17-14(20)13-12(16)11-8-10-18-19-15(11)21-13/h8,10H,2-7,9,16H2,1H3,(H,17,20). The Hall–Kier alpha value is -1.69. The Bertz CT molecular complexity index is 596. The fourth-order valence-corrected chi connectivity index (χ4v) is 3.18. The quantitative estimate of drug-likeness (QED) is 0.733. The Labute approximate surface area is 128 Å². The number of nitrogens with zero attached hydrogens (tertiary/aromatic N) is 2. The predicted molar refractivity (Wildman–Crippen MR) is 87.5 cm³/mol. The highest BCUT2D eigenvalue weighted by Crippen LogP contribution is 2.31. The van der Waals surface area contributed by atoms with Crippen molar-refractivity contribution in [2.75, 3.05) is 12.3 Å². The summed E-state index contributed by atoms with van der Waals surface area (Å²) in [6.45, 7) is 2.91. The zero-order chi connectivity index (χ0) is 15.1. The van der Waals surface area contributed by atoms with Gasteiger partial charge in [0, 0.05) is 11.9 Å². The number of anilines is 1. The van der Waals surface area contributed by atoms with Crippen molar-refractivity contribution in [1.82, 2.24) is 15.5 Å². The fourth-order valence-electron chi connectivity index (χ4n) is 2.23. The van der Waals surface area contributed by atoms with Crippen LogP contribution in [0.4, 0.5) is 5.69 Å². The summed E-state index contributed by atoms with van der Waals surface area (Å²) in [5, 5.41) is 11.5. The maximum absolute atomic E-state index is 12.1. The van der Waals surface area contributed by atoms with Gasteiger partial charge in [0.15, 0.2) is 0 Å². The second-order valence-electron chi connectivity index (χ2n) is 5.12. The number of carbonyl (C=O) groups is 1. The molecule has 0 aromatic carbocycles. The molecule has 0 fully saturated rings. The largest absolute Gasteiger partial charge is 0.397 e. The lowest BCUT2D eigenvalue weighted by atomic mass is 10.1. The smallest absolute Gasteiger partial charge is 0.263 e. The first-order valence-electron chi connectivity index (χ1n) is 7.52. The van der Waals surface area contributed by atoms with E-state index in [0.29, 0.717) is 21.9 Å². The van der Waals surface area contributed by atoms with E-state index in [4.69, 9.17) is 5.73 Å². The first-order valence-corrected chi connectivity index (χ1v) is 8.33. The SMILES string of the molecule is CCCCCCCCNC(=O)c1sc2nnccc2c1N. The summed E-state index contributed by atoms with van der Waals surface area (Å²) in [5.74, 6) is -0.107. The van der Waals surface area contributed by atoms with E-state index in [1.807, 2.05) is 0 Å². The summed E-state index contributed by atoms with van der Waals surface area (Å²) < 4.78 is 0. The van der Waals surface area contributed by atoms with Gasteiger partial charge in [-0.2, -0.15) is 5.10 Å². The Morgan fingerprint density at radius 2 is 2.05 bits per heavy atom. The number of nitrogens with two attached hydrogens (primary N) is 1. The third-order valence-corrected chi connectivity index (χ3v) is 4.55. The van der Waals surface area contributed by atoms with Crippen molar-refractivity contribution < 1.29 is 4.79 Å². The van der Waals surface area contributed by atoms with Crippen LogP contribution in [0, 0.1) is 0 Å². The van der Waals surface area contributed by atoms with Gasteiger partial charge in [0.2, 0.25) is 0 Å². The molecule has 21 heavy (non-hydrogen) atoms. The number of aromatic nitrogens is 2. The Morgan fingerprint density at radius 1 is 1.29 bits per heavy atom. The molecule has 2 aromatic rings. The highest BCUT2D eigenvalue weighted by Gasteiger charge is 2.16. The summed E-state index contributed by atoms with van der Waals surface area (Å²) in [5.41, 5.74) is 6.51. The van der Waals surface area contributed by atoms with E-state index in [2.05, 4.69) is 22.4 Å². The molecule has 0 aliphatic heterocycles. The average molecular weight is 306 g/mol. The van der Waals surface area contributed by atoms with Crippen molar-refractivity contribution in [2.24, 2.45) is 0 Å². The number of nitrogen functional groups attached to an aromatic ring is 1. The second-order valence-corrected chi connectivity index (χ2v) is 6.12. The molecule has 114 valence electrons. The maximum atomic E-state index is 12.1. The van der Waals surface area contributed by atoms with Crippen molar-refractivity contribution in [2.45, 2.75) is 45.4 Å². The molecule has 0 spiro atoms. The van der Waals surface area contributed by atoms with Crippen LogP contribution < -0.4 is 11.1 Å². The minimum absolute atomic E-state index is 0.107. The van der Waals surface area contributed by atoms with Crippen molar-refractivity contribution in [3.8, 4) is 0 Å². The first kappa shape index (κ1) is 15.7. The van der Waals surface area contributed by atoms with Crippen LogP contribution >= 0.6 is 11.3 Å². The summed E-state index contributed by atoms with van der Waals surface area (Å²) in [6, 6.07) is 1.79. The number of nitrogens with one attached hydrogen (secondary N) is 1. The second kappa shape index (κ2) is 7.93. The average Bonchev–Trinajstić information content (AvgIpc) is 2.84. The van der Waals surface area contributed by atoms with Crippen molar-refractivity contribution in [1.29, 1.82) is 0 Å². The maximum Gasteiger partial charge on any atom is 0.263 e. The van der Waals surface area contributed by atoms with Gasteiger partial charge in [-0.1, -0.05) is 39.0 Å². The number of amides is 1. The van der Waals surface area contributed by atoms with Gasteiger partial charge in [-0.15, -0.1) is 16.4 Å². The number of thiophene rings is 1. The van der Waals surface area contributed by atoms with Gasteiger partial charge in [-0.25, -0.2) is 0 Å². The van der Waals surface area contributed by atoms with E-state index in [1.165, 1.54) is 37.0 Å². The van der Waals surface area contributed by atoms with E-state index in [1.54, 1.807) is 12.3 Å². The molecule has 0 radical (unpaired) electrons. The predicted octanol–water partition coefficient (Wildman–Crippen LogP) is 3.36. The van der Waals surface area contributed by atoms with E-state index in [0.717, 1.165) is 18.2 Å². The van der Waals surface area contributed by atoms with E-state index in [9.17, 15) is 4.79 Å². The van der Waals surface area contributed by atoms with Gasteiger partial charge in [0.25, 0.3) is 5.91 Å². The first-order chi connectivity index (χ1) is 10.2. The molecular weight excluding hydrogens is 284 g/mol.